The van der Waals surface area contributed by atoms with E-state index in [-0.39, 0.29) is 6.10 Å². The number of hydrogen-bond acceptors (Lipinski definition) is 4. The van der Waals surface area contributed by atoms with Gasteiger partial charge >= 0.3 is 0 Å². The molecule has 0 fully saturated rings. The number of aryl methyl sites for hydroxylation is 1. The summed E-state index contributed by atoms with van der Waals surface area (Å²) in [5, 5.41) is 3.19. The van der Waals surface area contributed by atoms with E-state index in [0.717, 1.165) is 16.9 Å². The summed E-state index contributed by atoms with van der Waals surface area (Å²) in [6.07, 6.45) is 0.0762. The molecule has 1 aromatic carbocycles. The smallest absolute Gasteiger partial charge is 0.230 e. The van der Waals surface area contributed by atoms with Gasteiger partial charge in [0.15, 0.2) is 0 Å². The van der Waals surface area contributed by atoms with Crippen LogP contribution in [0.15, 0.2) is 30.3 Å². The fourth-order valence-corrected chi connectivity index (χ4v) is 2.01. The Balaban J connectivity index is 2.26. The van der Waals surface area contributed by atoms with Gasteiger partial charge in [0.1, 0.15) is 0 Å². The lowest BCUT2D eigenvalue weighted by atomic mass is 10.2. The Bertz CT molecular complexity index is 587. The Kier molecular flexibility index (Phi) is 4.79. The van der Waals surface area contributed by atoms with Crippen molar-refractivity contribution in [2.24, 2.45) is 0 Å². The van der Waals surface area contributed by atoms with Gasteiger partial charge in [0.2, 0.25) is 11.8 Å². The minimum atomic E-state index is 0.0762. The van der Waals surface area contributed by atoms with E-state index in [1.54, 1.807) is 0 Å². The molecule has 5 heteroatoms. The third kappa shape index (κ3) is 3.84. The molecule has 0 aliphatic carbocycles. The summed E-state index contributed by atoms with van der Waals surface area (Å²) < 4.78 is 5.61. The second-order valence-electron chi connectivity index (χ2n) is 4.75. The first-order chi connectivity index (χ1) is 9.58. The number of nitrogens with zero attached hydrogens (tertiary/aromatic N) is 2. The second kappa shape index (κ2) is 6.57. The van der Waals surface area contributed by atoms with Crippen LogP contribution in [0.25, 0.3) is 0 Å². The molecule has 0 saturated carbocycles. The van der Waals surface area contributed by atoms with Crippen LogP contribution in [0.3, 0.4) is 0 Å². The van der Waals surface area contributed by atoms with E-state index in [0.29, 0.717) is 17.7 Å². The van der Waals surface area contributed by atoms with Crippen molar-refractivity contribution >= 4 is 23.2 Å². The number of anilines is 2. The van der Waals surface area contributed by atoms with Crippen LogP contribution >= 0.6 is 11.6 Å². The highest BCUT2D eigenvalue weighted by atomic mass is 35.5. The van der Waals surface area contributed by atoms with Crippen LogP contribution in [0.2, 0.25) is 0 Å². The highest BCUT2D eigenvalue weighted by Crippen LogP contribution is 2.22. The lowest BCUT2D eigenvalue weighted by Gasteiger charge is -2.12. The maximum Gasteiger partial charge on any atom is 0.230 e. The number of halogens is 1. The Morgan fingerprint density at radius 2 is 2.00 bits per heavy atom. The summed E-state index contributed by atoms with van der Waals surface area (Å²) in [5.41, 5.74) is 2.76. The quantitative estimate of drug-likeness (QED) is 0.844. The molecule has 2 rings (SSSR count). The third-order valence-electron chi connectivity index (χ3n) is 2.59. The van der Waals surface area contributed by atoms with E-state index in [9.17, 15) is 0 Å². The first-order valence-electron chi connectivity index (χ1n) is 6.51. The van der Waals surface area contributed by atoms with Crippen LogP contribution in [-0.4, -0.2) is 16.1 Å². The van der Waals surface area contributed by atoms with Crippen LogP contribution in [0.5, 0.6) is 5.88 Å². The predicted octanol–water partition coefficient (Wildman–Crippen LogP) is 4.05. The Morgan fingerprint density at radius 1 is 1.25 bits per heavy atom. The molecule has 0 unspecified atom stereocenters. The number of rotatable bonds is 5. The molecule has 4 nitrogen and oxygen atoms in total. The first-order valence-corrected chi connectivity index (χ1v) is 7.05. The van der Waals surface area contributed by atoms with Gasteiger partial charge in [0, 0.05) is 23.3 Å². The summed E-state index contributed by atoms with van der Waals surface area (Å²) >= 11 is 5.92. The van der Waals surface area contributed by atoms with E-state index in [4.69, 9.17) is 16.3 Å². The molecule has 0 saturated heterocycles. The zero-order valence-corrected chi connectivity index (χ0v) is 12.6. The van der Waals surface area contributed by atoms with Gasteiger partial charge in [-0.3, -0.25) is 0 Å². The molecule has 0 aliphatic heterocycles. The molecule has 1 heterocycles. The number of para-hydroxylation sites is 1. The van der Waals surface area contributed by atoms with Gasteiger partial charge in [-0.05, 0) is 32.4 Å². The number of benzene rings is 1. The van der Waals surface area contributed by atoms with Crippen LogP contribution in [0, 0.1) is 6.92 Å². The summed E-state index contributed by atoms with van der Waals surface area (Å²) in [5.74, 6) is 1.52. The number of nitrogens with one attached hydrogen (secondary N) is 1. The molecule has 0 aliphatic rings. The second-order valence-corrected chi connectivity index (χ2v) is 5.02. The summed E-state index contributed by atoms with van der Waals surface area (Å²) in [7, 11) is 0. The van der Waals surface area contributed by atoms with Crippen molar-refractivity contribution < 1.29 is 4.74 Å². The number of hydrogen-bond donors (Lipinski definition) is 1. The molecule has 0 amide bonds. The molecule has 0 spiro atoms. The number of alkyl halides is 1. The van der Waals surface area contributed by atoms with Crippen molar-refractivity contribution in [3.05, 3.63) is 41.6 Å². The Hall–Kier alpha value is -1.81. The van der Waals surface area contributed by atoms with E-state index in [2.05, 4.69) is 15.3 Å². The minimum absolute atomic E-state index is 0.0762. The number of aromatic nitrogens is 2. The SMILES string of the molecule is Cc1cc(OC(C)C)nc(Nc2ccccc2CCl)n1. The third-order valence-corrected chi connectivity index (χ3v) is 2.88. The van der Waals surface area contributed by atoms with Crippen molar-refractivity contribution in [1.29, 1.82) is 0 Å². The molecule has 1 aromatic heterocycles. The van der Waals surface area contributed by atoms with Gasteiger partial charge in [-0.25, -0.2) is 4.98 Å². The maximum atomic E-state index is 5.92. The maximum absolute atomic E-state index is 5.92. The molecule has 1 N–H and O–H groups in total. The van der Waals surface area contributed by atoms with Crippen LogP contribution in [-0.2, 0) is 5.88 Å². The van der Waals surface area contributed by atoms with Gasteiger partial charge in [-0.15, -0.1) is 11.6 Å². The lowest BCUT2D eigenvalue weighted by molar-refractivity contribution is 0.232. The van der Waals surface area contributed by atoms with Crippen molar-refractivity contribution in [2.75, 3.05) is 5.32 Å². The van der Waals surface area contributed by atoms with Crippen molar-refractivity contribution in [1.82, 2.24) is 9.97 Å². The molecule has 0 atom stereocenters. The van der Waals surface area contributed by atoms with E-state index < -0.39 is 0 Å². The van der Waals surface area contributed by atoms with Gasteiger partial charge in [0.25, 0.3) is 0 Å². The fraction of sp³-hybridized carbons (Fsp3) is 0.333. The van der Waals surface area contributed by atoms with Crippen molar-refractivity contribution in [3.8, 4) is 5.88 Å². The number of ether oxygens (including phenoxy) is 1. The standard InChI is InChI=1S/C15H18ClN3O/c1-10(2)20-14-8-11(3)17-15(19-14)18-13-7-5-4-6-12(13)9-16/h4-8,10H,9H2,1-3H3,(H,17,18,19). The Morgan fingerprint density at radius 3 is 2.70 bits per heavy atom. The average molecular weight is 292 g/mol. The zero-order valence-electron chi connectivity index (χ0n) is 11.9. The Labute approximate surface area is 124 Å². The summed E-state index contributed by atoms with van der Waals surface area (Å²) in [6, 6.07) is 9.63. The average Bonchev–Trinajstić information content (AvgIpc) is 2.37. The van der Waals surface area contributed by atoms with Crippen molar-refractivity contribution in [2.45, 2.75) is 32.8 Å². The van der Waals surface area contributed by atoms with E-state index in [1.165, 1.54) is 0 Å². The summed E-state index contributed by atoms with van der Waals surface area (Å²) in [6.45, 7) is 5.84. The molecular formula is C15H18ClN3O. The van der Waals surface area contributed by atoms with Crippen LogP contribution in [0.1, 0.15) is 25.1 Å². The highest BCUT2D eigenvalue weighted by molar-refractivity contribution is 6.17. The van der Waals surface area contributed by atoms with Gasteiger partial charge in [-0.2, -0.15) is 4.98 Å². The van der Waals surface area contributed by atoms with Gasteiger partial charge in [0.05, 0.1) is 6.10 Å². The largest absolute Gasteiger partial charge is 0.475 e. The topological polar surface area (TPSA) is 47.0 Å². The zero-order chi connectivity index (χ0) is 14.5. The van der Waals surface area contributed by atoms with Gasteiger partial charge in [-0.1, -0.05) is 18.2 Å². The van der Waals surface area contributed by atoms with E-state index >= 15 is 0 Å². The van der Waals surface area contributed by atoms with Crippen molar-refractivity contribution in [3.63, 3.8) is 0 Å². The minimum Gasteiger partial charge on any atom is -0.475 e. The van der Waals surface area contributed by atoms with E-state index in [1.807, 2.05) is 51.1 Å². The predicted molar refractivity (Wildman–Crippen MR) is 81.8 cm³/mol. The molecule has 106 valence electrons. The van der Waals surface area contributed by atoms with Crippen LogP contribution < -0.4 is 10.1 Å². The fourth-order valence-electron chi connectivity index (χ4n) is 1.78. The lowest BCUT2D eigenvalue weighted by Crippen LogP contribution is -2.09. The van der Waals surface area contributed by atoms with Crippen LogP contribution in [0.4, 0.5) is 11.6 Å². The van der Waals surface area contributed by atoms with Gasteiger partial charge < -0.3 is 10.1 Å². The summed E-state index contributed by atoms with van der Waals surface area (Å²) in [4.78, 5) is 8.72. The normalized spacial score (nSPS) is 10.7. The molecule has 20 heavy (non-hydrogen) atoms. The monoisotopic (exact) mass is 291 g/mol. The molecular weight excluding hydrogens is 274 g/mol. The first kappa shape index (κ1) is 14.6. The molecule has 0 radical (unpaired) electrons. The highest BCUT2D eigenvalue weighted by Gasteiger charge is 2.07. The molecule has 2 aromatic rings. The molecule has 0 bridgehead atoms.